The van der Waals surface area contributed by atoms with Crippen LogP contribution in [0.15, 0.2) is 16.9 Å². The maximum Gasteiger partial charge on any atom is 0.311 e. The average Bonchev–Trinajstić information content (AvgIpc) is 2.87. The summed E-state index contributed by atoms with van der Waals surface area (Å²) in [5.74, 6) is -0.613. The van der Waals surface area contributed by atoms with Gasteiger partial charge in [0.25, 0.3) is 5.56 Å². The molecule has 0 aliphatic carbocycles. The molecule has 0 bridgehead atoms. The van der Waals surface area contributed by atoms with Gasteiger partial charge < -0.3 is 5.11 Å². The summed E-state index contributed by atoms with van der Waals surface area (Å²) >= 11 is 0. The number of hydrogen-bond donors (Lipinski definition) is 2. The fourth-order valence-electron chi connectivity index (χ4n) is 1.62. The fourth-order valence-corrected chi connectivity index (χ4v) is 1.62. The molecule has 2 aromatic rings. The normalized spacial score (nSPS) is 13.9. The smallest absolute Gasteiger partial charge is 0.311 e. The highest BCUT2D eigenvalue weighted by Gasteiger charge is 2.33. The van der Waals surface area contributed by atoms with Gasteiger partial charge in [0, 0.05) is 6.07 Å². The maximum atomic E-state index is 11.3. The largest absolute Gasteiger partial charge is 0.481 e. The van der Waals surface area contributed by atoms with E-state index in [4.69, 9.17) is 0 Å². The van der Waals surface area contributed by atoms with Crippen LogP contribution in [-0.4, -0.2) is 41.5 Å². The first-order valence-electron chi connectivity index (χ1n) is 6.02. The Hall–Kier alpha value is -2.58. The van der Waals surface area contributed by atoms with Gasteiger partial charge >= 0.3 is 5.97 Å². The molecular formula is C11H14N6O3. The van der Waals surface area contributed by atoms with E-state index in [9.17, 15) is 14.7 Å². The van der Waals surface area contributed by atoms with Crippen LogP contribution in [0, 0.1) is 5.41 Å². The summed E-state index contributed by atoms with van der Waals surface area (Å²) < 4.78 is 1.37. The van der Waals surface area contributed by atoms with Gasteiger partial charge in [-0.05, 0) is 29.8 Å². The quantitative estimate of drug-likeness (QED) is 0.783. The number of rotatable bonds is 5. The van der Waals surface area contributed by atoms with E-state index in [2.05, 4.69) is 25.7 Å². The number of aromatic nitrogens is 6. The molecule has 2 aromatic heterocycles. The van der Waals surface area contributed by atoms with Crippen molar-refractivity contribution < 1.29 is 9.90 Å². The minimum absolute atomic E-state index is 0.113. The molecule has 0 radical (unpaired) electrons. The van der Waals surface area contributed by atoms with Gasteiger partial charge in [-0.25, -0.2) is 9.78 Å². The van der Waals surface area contributed by atoms with E-state index < -0.39 is 11.4 Å². The third-order valence-corrected chi connectivity index (χ3v) is 3.24. The topological polar surface area (TPSA) is 127 Å². The van der Waals surface area contributed by atoms with Crippen LogP contribution in [0.2, 0.25) is 0 Å². The number of hydrogen-bond acceptors (Lipinski definition) is 6. The SMILES string of the molecule is CCC(C)(Cn1nnnc1-c1ccc(=O)[nH]n1)C(=O)O. The number of tetrazole rings is 1. The molecule has 0 aliphatic heterocycles. The lowest BCUT2D eigenvalue weighted by Gasteiger charge is -2.22. The first-order valence-corrected chi connectivity index (χ1v) is 6.02. The van der Waals surface area contributed by atoms with Crippen molar-refractivity contribution >= 4 is 5.97 Å². The Balaban J connectivity index is 2.36. The van der Waals surface area contributed by atoms with Crippen molar-refractivity contribution in [2.45, 2.75) is 26.8 Å². The number of carboxylic acid groups (broad SMARTS) is 1. The van der Waals surface area contributed by atoms with Crippen LogP contribution in [0.5, 0.6) is 0 Å². The third kappa shape index (κ3) is 2.56. The second-order valence-corrected chi connectivity index (χ2v) is 4.69. The fraction of sp³-hybridized carbons (Fsp3) is 0.455. The molecule has 9 heteroatoms. The minimum Gasteiger partial charge on any atom is -0.481 e. The van der Waals surface area contributed by atoms with Gasteiger partial charge in [-0.1, -0.05) is 6.92 Å². The summed E-state index contributed by atoms with van der Waals surface area (Å²) in [4.78, 5) is 22.3. The minimum atomic E-state index is -0.980. The van der Waals surface area contributed by atoms with Gasteiger partial charge in [0.1, 0.15) is 5.69 Å². The number of nitrogens with zero attached hydrogens (tertiary/aromatic N) is 5. The Morgan fingerprint density at radius 1 is 1.50 bits per heavy atom. The van der Waals surface area contributed by atoms with Crippen molar-refractivity contribution in [2.24, 2.45) is 5.41 Å². The molecule has 9 nitrogen and oxygen atoms in total. The first kappa shape index (κ1) is 13.8. The Bertz CT molecular complexity index is 658. The molecule has 2 N–H and O–H groups in total. The van der Waals surface area contributed by atoms with Crippen molar-refractivity contribution in [3.63, 3.8) is 0 Å². The zero-order valence-electron chi connectivity index (χ0n) is 11.1. The highest BCUT2D eigenvalue weighted by Crippen LogP contribution is 2.25. The van der Waals surface area contributed by atoms with Crippen LogP contribution in [0.3, 0.4) is 0 Å². The van der Waals surface area contributed by atoms with Crippen LogP contribution >= 0.6 is 0 Å². The zero-order valence-corrected chi connectivity index (χ0v) is 11.1. The Labute approximate surface area is 113 Å². The van der Waals surface area contributed by atoms with Gasteiger partial charge in [-0.3, -0.25) is 9.59 Å². The first-order chi connectivity index (χ1) is 9.46. The second kappa shape index (κ2) is 5.19. The van der Waals surface area contributed by atoms with Crippen LogP contribution in [0.1, 0.15) is 20.3 Å². The van der Waals surface area contributed by atoms with Crippen molar-refractivity contribution in [3.05, 3.63) is 22.5 Å². The molecule has 106 valence electrons. The van der Waals surface area contributed by atoms with E-state index in [1.165, 1.54) is 16.8 Å². The predicted molar refractivity (Wildman–Crippen MR) is 67.7 cm³/mol. The third-order valence-electron chi connectivity index (χ3n) is 3.24. The monoisotopic (exact) mass is 278 g/mol. The summed E-state index contributed by atoms with van der Waals surface area (Å²) in [5, 5.41) is 26.5. The maximum absolute atomic E-state index is 11.3. The molecule has 0 saturated heterocycles. The summed E-state index contributed by atoms with van der Waals surface area (Å²) in [6.07, 6.45) is 0.431. The molecule has 0 aromatic carbocycles. The number of H-pyrrole nitrogens is 1. The molecule has 20 heavy (non-hydrogen) atoms. The molecule has 2 heterocycles. The van der Waals surface area contributed by atoms with Crippen LogP contribution in [0.4, 0.5) is 0 Å². The molecule has 0 fully saturated rings. The van der Waals surface area contributed by atoms with Crippen molar-refractivity contribution in [1.82, 2.24) is 30.4 Å². The Morgan fingerprint density at radius 2 is 2.25 bits per heavy atom. The number of nitrogens with one attached hydrogen (secondary N) is 1. The number of aliphatic carboxylic acids is 1. The molecule has 0 amide bonds. The summed E-state index contributed by atoms with van der Waals surface area (Å²) in [6, 6.07) is 2.78. The van der Waals surface area contributed by atoms with Gasteiger partial charge in [0.2, 0.25) is 5.82 Å². The van der Waals surface area contributed by atoms with Crippen molar-refractivity contribution in [1.29, 1.82) is 0 Å². The van der Waals surface area contributed by atoms with Crippen LogP contribution < -0.4 is 5.56 Å². The highest BCUT2D eigenvalue weighted by atomic mass is 16.4. The van der Waals surface area contributed by atoms with E-state index in [0.29, 0.717) is 17.9 Å². The number of carbonyl (C=O) groups is 1. The van der Waals surface area contributed by atoms with Gasteiger partial charge in [-0.2, -0.15) is 5.10 Å². The lowest BCUT2D eigenvalue weighted by atomic mass is 9.88. The molecule has 0 aliphatic rings. The van der Waals surface area contributed by atoms with E-state index >= 15 is 0 Å². The summed E-state index contributed by atoms with van der Waals surface area (Å²) in [5.41, 5.74) is -0.943. The highest BCUT2D eigenvalue weighted by molar-refractivity contribution is 5.74. The Kier molecular flexibility index (Phi) is 3.59. The summed E-state index contributed by atoms with van der Waals surface area (Å²) in [7, 11) is 0. The van der Waals surface area contributed by atoms with E-state index in [1.807, 2.05) is 0 Å². The summed E-state index contributed by atoms with van der Waals surface area (Å²) in [6.45, 7) is 3.53. The predicted octanol–water partition coefficient (Wildman–Crippen LogP) is -0.0757. The molecule has 0 saturated carbocycles. The molecular weight excluding hydrogens is 264 g/mol. The molecule has 2 rings (SSSR count). The van der Waals surface area contributed by atoms with Crippen molar-refractivity contribution in [3.8, 4) is 11.5 Å². The molecule has 0 spiro atoms. The lowest BCUT2D eigenvalue weighted by molar-refractivity contribution is -0.149. The van der Waals surface area contributed by atoms with Crippen LogP contribution in [-0.2, 0) is 11.3 Å². The van der Waals surface area contributed by atoms with Gasteiger partial charge in [-0.15, -0.1) is 5.10 Å². The van der Waals surface area contributed by atoms with Gasteiger partial charge in [0.15, 0.2) is 0 Å². The Morgan fingerprint density at radius 3 is 2.80 bits per heavy atom. The van der Waals surface area contributed by atoms with E-state index in [-0.39, 0.29) is 12.1 Å². The van der Waals surface area contributed by atoms with Crippen molar-refractivity contribution in [2.75, 3.05) is 0 Å². The molecule has 1 unspecified atom stereocenters. The number of carboxylic acids is 1. The second-order valence-electron chi connectivity index (χ2n) is 4.69. The van der Waals surface area contributed by atoms with Crippen LogP contribution in [0.25, 0.3) is 11.5 Å². The average molecular weight is 278 g/mol. The van der Waals surface area contributed by atoms with E-state index in [0.717, 1.165) is 0 Å². The lowest BCUT2D eigenvalue weighted by Crippen LogP contribution is -2.32. The number of aromatic amines is 1. The standard InChI is InChI=1S/C11H14N6O3/c1-3-11(2,10(19)20)6-17-9(14-15-16-17)7-4-5-8(18)13-12-7/h4-5H,3,6H2,1-2H3,(H,13,18)(H,19,20). The van der Waals surface area contributed by atoms with E-state index in [1.54, 1.807) is 13.8 Å². The zero-order chi connectivity index (χ0) is 14.8. The van der Waals surface area contributed by atoms with Gasteiger partial charge in [0.05, 0.1) is 12.0 Å². The molecule has 1 atom stereocenters.